The molecule has 3 rings (SSSR count). The molecule has 8 heteroatoms. The third-order valence-corrected chi connectivity index (χ3v) is 6.80. The zero-order valence-electron chi connectivity index (χ0n) is 19.7. The van der Waals surface area contributed by atoms with Gasteiger partial charge in [-0.3, -0.25) is 14.3 Å². The number of benzene rings is 2. The Morgan fingerprint density at radius 2 is 1.71 bits per heavy atom. The zero-order chi connectivity index (χ0) is 25.8. The molecule has 0 bridgehead atoms. The molecule has 0 saturated carbocycles. The largest absolute Gasteiger partial charge is 0.481 e. The lowest BCUT2D eigenvalue weighted by Gasteiger charge is -2.19. The Kier molecular flexibility index (Phi) is 8.24. The fourth-order valence-corrected chi connectivity index (χ4v) is 4.91. The SMILES string of the molecule is Cc1c(-c2ccccc2)nc(C(C)C)c(C#CP(=O)(O)C[C@@H](O)CC(=O)O)c1-c1ccc(F)cc1. The Labute approximate surface area is 203 Å². The van der Waals surface area contributed by atoms with Crippen LogP contribution in [0.3, 0.4) is 0 Å². The average Bonchev–Trinajstić information content (AvgIpc) is 2.78. The van der Waals surface area contributed by atoms with Gasteiger partial charge in [0.05, 0.1) is 35.6 Å². The first-order valence-corrected chi connectivity index (χ1v) is 12.9. The number of rotatable bonds is 7. The number of hydrogen-bond acceptors (Lipinski definition) is 4. The number of hydrogen-bond donors (Lipinski definition) is 3. The Hall–Kier alpha value is -3.30. The van der Waals surface area contributed by atoms with E-state index in [0.29, 0.717) is 22.4 Å². The van der Waals surface area contributed by atoms with Crippen LogP contribution >= 0.6 is 7.37 Å². The lowest BCUT2D eigenvalue weighted by Crippen LogP contribution is -2.17. The lowest BCUT2D eigenvalue weighted by atomic mass is 9.89. The summed E-state index contributed by atoms with van der Waals surface area (Å²) in [6.07, 6.45) is -2.82. The average molecular weight is 495 g/mol. The predicted molar refractivity (Wildman–Crippen MR) is 134 cm³/mol. The second-order valence-electron chi connectivity index (χ2n) is 8.62. The fourth-order valence-electron chi connectivity index (χ4n) is 3.83. The quantitative estimate of drug-likeness (QED) is 0.299. The standard InChI is InChI=1S/C27H27FNO5P/c1-17(2)26-23(13-14-35(33,34)16-22(30)15-24(31)32)25(19-9-11-21(28)12-10-19)18(3)27(29-26)20-7-5-4-6-8-20/h4-12,17,22,30H,15-16H2,1-3H3,(H,31,32)(H,33,34)/t22-/m0/s1. The first-order chi connectivity index (χ1) is 16.5. The summed E-state index contributed by atoms with van der Waals surface area (Å²) in [7, 11) is -4.19. The molecule has 0 aliphatic heterocycles. The van der Waals surface area contributed by atoms with Crippen molar-refractivity contribution in [3.05, 3.63) is 77.2 Å². The van der Waals surface area contributed by atoms with Crippen LogP contribution in [0.5, 0.6) is 0 Å². The van der Waals surface area contributed by atoms with E-state index in [1.807, 2.05) is 51.1 Å². The van der Waals surface area contributed by atoms with Crippen molar-refractivity contribution in [3.63, 3.8) is 0 Å². The van der Waals surface area contributed by atoms with Crippen molar-refractivity contribution >= 4 is 13.3 Å². The number of aliphatic hydroxyl groups excluding tert-OH is 1. The van der Waals surface area contributed by atoms with Gasteiger partial charge in [-0.2, -0.15) is 0 Å². The molecule has 2 aromatic carbocycles. The van der Waals surface area contributed by atoms with Crippen molar-refractivity contribution in [2.24, 2.45) is 0 Å². The van der Waals surface area contributed by atoms with Crippen LogP contribution in [0, 0.1) is 24.3 Å². The molecule has 3 N–H and O–H groups in total. The number of aliphatic carboxylic acids is 1. The summed E-state index contributed by atoms with van der Waals surface area (Å²) in [5.74, 6) is 1.05. The van der Waals surface area contributed by atoms with Gasteiger partial charge in [-0.05, 0) is 41.8 Å². The number of carboxylic acids is 1. The summed E-state index contributed by atoms with van der Waals surface area (Å²) in [6.45, 7) is 5.74. The molecule has 0 fully saturated rings. The smallest absolute Gasteiger partial charge is 0.305 e. The van der Waals surface area contributed by atoms with E-state index in [1.54, 1.807) is 12.1 Å². The highest BCUT2D eigenvalue weighted by atomic mass is 31.2. The highest BCUT2D eigenvalue weighted by Crippen LogP contribution is 2.42. The molecular formula is C27H27FNO5P. The predicted octanol–water partition coefficient (Wildman–Crippen LogP) is 5.40. The van der Waals surface area contributed by atoms with Crippen LogP contribution in [0.25, 0.3) is 22.4 Å². The highest BCUT2D eigenvalue weighted by Gasteiger charge is 2.24. The van der Waals surface area contributed by atoms with Crippen molar-refractivity contribution < 1.29 is 28.9 Å². The summed E-state index contributed by atoms with van der Waals surface area (Å²) in [5.41, 5.74) is 7.15. The molecule has 0 amide bonds. The summed E-state index contributed by atoms with van der Waals surface area (Å²) in [6, 6.07) is 15.5. The first kappa shape index (κ1) is 26.3. The minimum atomic E-state index is -4.19. The molecule has 0 aliphatic rings. The van der Waals surface area contributed by atoms with E-state index in [2.05, 4.69) is 11.6 Å². The zero-order valence-corrected chi connectivity index (χ0v) is 20.6. The van der Waals surface area contributed by atoms with Gasteiger partial charge in [0.15, 0.2) is 0 Å². The maximum Gasteiger partial charge on any atom is 0.305 e. The lowest BCUT2D eigenvalue weighted by molar-refractivity contribution is -0.138. The van der Waals surface area contributed by atoms with Crippen LogP contribution in [0.1, 0.15) is 43.0 Å². The van der Waals surface area contributed by atoms with E-state index in [0.717, 1.165) is 16.8 Å². The molecule has 0 spiro atoms. The maximum absolute atomic E-state index is 13.7. The van der Waals surface area contributed by atoms with Gasteiger partial charge in [-0.15, -0.1) is 0 Å². The first-order valence-electron chi connectivity index (χ1n) is 11.1. The van der Waals surface area contributed by atoms with Crippen molar-refractivity contribution in [2.45, 2.75) is 39.2 Å². The van der Waals surface area contributed by atoms with Crippen LogP contribution in [0.4, 0.5) is 4.39 Å². The van der Waals surface area contributed by atoms with Crippen LogP contribution in [-0.2, 0) is 9.36 Å². The fraction of sp³-hybridized carbons (Fsp3) is 0.259. The molecule has 182 valence electrons. The minimum absolute atomic E-state index is 0.0998. The van der Waals surface area contributed by atoms with Gasteiger partial charge in [-0.1, -0.05) is 62.2 Å². The third kappa shape index (κ3) is 6.64. The third-order valence-electron chi connectivity index (χ3n) is 5.42. The molecule has 3 aromatic rings. The van der Waals surface area contributed by atoms with Gasteiger partial charge < -0.3 is 15.1 Å². The number of nitrogens with zero attached hydrogens (tertiary/aromatic N) is 1. The normalized spacial score (nSPS) is 13.6. The molecular weight excluding hydrogens is 468 g/mol. The molecule has 35 heavy (non-hydrogen) atoms. The number of carboxylic acid groups (broad SMARTS) is 1. The van der Waals surface area contributed by atoms with Crippen LogP contribution in [-0.4, -0.2) is 38.3 Å². The number of aromatic nitrogens is 1. The highest BCUT2D eigenvalue weighted by molar-refractivity contribution is 7.63. The number of pyridine rings is 1. The molecule has 2 atom stereocenters. The summed E-state index contributed by atoms with van der Waals surface area (Å²) in [4.78, 5) is 26.0. The molecule has 0 radical (unpaired) electrons. The van der Waals surface area contributed by atoms with Crippen molar-refractivity contribution in [1.29, 1.82) is 0 Å². The van der Waals surface area contributed by atoms with Crippen molar-refractivity contribution in [1.82, 2.24) is 4.98 Å². The summed E-state index contributed by atoms with van der Waals surface area (Å²) < 4.78 is 26.4. The van der Waals surface area contributed by atoms with Gasteiger partial charge in [0, 0.05) is 11.1 Å². The van der Waals surface area contributed by atoms with Gasteiger partial charge in [0.2, 0.25) is 0 Å². The maximum atomic E-state index is 13.7. The molecule has 6 nitrogen and oxygen atoms in total. The van der Waals surface area contributed by atoms with Gasteiger partial charge in [-0.25, -0.2) is 4.39 Å². The Balaban J connectivity index is 2.25. The Morgan fingerprint density at radius 1 is 1.09 bits per heavy atom. The van der Waals surface area contributed by atoms with Crippen molar-refractivity contribution in [3.8, 4) is 34.0 Å². The minimum Gasteiger partial charge on any atom is -0.481 e. The number of aliphatic hydroxyl groups is 1. The topological polar surface area (TPSA) is 108 Å². The van der Waals surface area contributed by atoms with Gasteiger partial charge in [0.1, 0.15) is 5.82 Å². The van der Waals surface area contributed by atoms with Crippen molar-refractivity contribution in [2.75, 3.05) is 6.16 Å². The second-order valence-corrected chi connectivity index (χ2v) is 10.6. The van der Waals surface area contributed by atoms with Gasteiger partial charge in [0.25, 0.3) is 7.37 Å². The van der Waals surface area contributed by atoms with E-state index in [9.17, 15) is 23.7 Å². The molecule has 0 saturated heterocycles. The molecule has 1 unspecified atom stereocenters. The van der Waals surface area contributed by atoms with E-state index in [4.69, 9.17) is 10.1 Å². The van der Waals surface area contributed by atoms with E-state index >= 15 is 0 Å². The van der Waals surface area contributed by atoms with Crippen LogP contribution < -0.4 is 0 Å². The van der Waals surface area contributed by atoms with E-state index in [1.165, 1.54) is 12.1 Å². The summed E-state index contributed by atoms with van der Waals surface area (Å²) >= 11 is 0. The van der Waals surface area contributed by atoms with E-state index in [-0.39, 0.29) is 5.92 Å². The molecule has 1 aromatic heterocycles. The van der Waals surface area contributed by atoms with E-state index < -0.39 is 37.8 Å². The summed E-state index contributed by atoms with van der Waals surface area (Å²) in [5, 5.41) is 18.6. The second kappa shape index (κ2) is 11.0. The van der Waals surface area contributed by atoms with Gasteiger partial charge >= 0.3 is 5.97 Å². The Bertz CT molecular complexity index is 1330. The van der Waals surface area contributed by atoms with Crippen LogP contribution in [0.2, 0.25) is 0 Å². The number of halogens is 1. The Morgan fingerprint density at radius 3 is 2.29 bits per heavy atom. The number of carbonyl (C=O) groups is 1. The molecule has 1 heterocycles. The molecule has 0 aliphatic carbocycles. The van der Waals surface area contributed by atoms with Crippen LogP contribution in [0.15, 0.2) is 54.6 Å². The monoisotopic (exact) mass is 495 g/mol.